The first-order valence-corrected chi connectivity index (χ1v) is 8.45. The van der Waals surface area contributed by atoms with Crippen molar-refractivity contribution < 1.29 is 17.6 Å². The number of furan rings is 1. The van der Waals surface area contributed by atoms with E-state index >= 15 is 0 Å². The maximum Gasteiger partial charge on any atom is 0.181 e. The van der Waals surface area contributed by atoms with Gasteiger partial charge in [-0.2, -0.15) is 0 Å². The molecule has 2 rings (SSSR count). The zero-order valence-corrected chi connectivity index (χ0v) is 12.4. The molecular weight excluding hydrogens is 276 g/mol. The summed E-state index contributed by atoms with van der Waals surface area (Å²) in [6.07, 6.45) is 2.12. The van der Waals surface area contributed by atoms with Gasteiger partial charge in [0.15, 0.2) is 15.6 Å². The van der Waals surface area contributed by atoms with E-state index in [1.165, 1.54) is 6.26 Å². The van der Waals surface area contributed by atoms with Gasteiger partial charge in [0.2, 0.25) is 0 Å². The average Bonchev–Trinajstić information content (AvgIpc) is 2.81. The van der Waals surface area contributed by atoms with Crippen molar-refractivity contribution in [3.63, 3.8) is 0 Å². The van der Waals surface area contributed by atoms with Crippen LogP contribution in [0.4, 0.5) is 0 Å². The lowest BCUT2D eigenvalue weighted by atomic mass is 10.1. The molecule has 1 aromatic heterocycles. The van der Waals surface area contributed by atoms with Gasteiger partial charge in [0.25, 0.3) is 0 Å². The number of hydrogen-bond acceptors (Lipinski definition) is 4. The molecule has 5 heteroatoms. The zero-order chi connectivity index (χ0) is 14.8. The van der Waals surface area contributed by atoms with Crippen molar-refractivity contribution in [2.24, 2.45) is 5.92 Å². The molecule has 0 spiro atoms. The van der Waals surface area contributed by atoms with Gasteiger partial charge in [-0.3, -0.25) is 4.79 Å². The molecule has 0 radical (unpaired) electrons. The first-order chi connectivity index (χ1) is 9.43. The topological polar surface area (TPSA) is 64.3 Å². The van der Waals surface area contributed by atoms with Crippen molar-refractivity contribution in [2.75, 3.05) is 11.5 Å². The molecule has 0 fully saturated rings. The van der Waals surface area contributed by atoms with Crippen molar-refractivity contribution in [1.29, 1.82) is 0 Å². The second-order valence-electron chi connectivity index (χ2n) is 5.14. The number of rotatable bonds is 6. The lowest BCUT2D eigenvalue weighted by molar-refractivity contribution is 0.102. The first-order valence-electron chi connectivity index (χ1n) is 6.63. The third-order valence-electron chi connectivity index (χ3n) is 3.37. The third-order valence-corrected chi connectivity index (χ3v) is 5.15. The number of Topliss-reactive ketones (excluding diaryl/α,β-unsaturated/α-hetero) is 1. The molecule has 0 saturated heterocycles. The molecule has 0 aliphatic rings. The zero-order valence-electron chi connectivity index (χ0n) is 11.6. The van der Waals surface area contributed by atoms with Gasteiger partial charge in [-0.1, -0.05) is 38.5 Å². The third kappa shape index (κ3) is 3.28. The molecule has 1 aromatic carbocycles. The Labute approximate surface area is 118 Å². The highest BCUT2D eigenvalue weighted by atomic mass is 32.2. The van der Waals surface area contributed by atoms with E-state index in [1.807, 2.05) is 13.8 Å². The Kier molecular flexibility index (Phi) is 4.28. The number of hydrogen-bond donors (Lipinski definition) is 0. The minimum atomic E-state index is -3.38. The minimum absolute atomic E-state index is 0.0467. The number of benzene rings is 1. The first kappa shape index (κ1) is 14.8. The molecule has 20 heavy (non-hydrogen) atoms. The number of ketones is 1. The van der Waals surface area contributed by atoms with Gasteiger partial charge in [-0.15, -0.1) is 0 Å². The summed E-state index contributed by atoms with van der Waals surface area (Å²) in [5.41, 5.74) is 0.934. The van der Waals surface area contributed by atoms with Crippen LogP contribution in [0.2, 0.25) is 0 Å². The van der Waals surface area contributed by atoms with E-state index in [0.717, 1.165) is 6.42 Å². The summed E-state index contributed by atoms with van der Waals surface area (Å²) in [4.78, 5) is 12.2. The number of para-hydroxylation sites is 1. The minimum Gasteiger partial charge on any atom is -0.464 e. The lowest BCUT2D eigenvalue weighted by Crippen LogP contribution is -2.22. The molecule has 1 atom stereocenters. The number of sulfone groups is 1. The molecule has 1 heterocycles. The van der Waals surface area contributed by atoms with E-state index in [2.05, 4.69) is 0 Å². The Morgan fingerprint density at radius 3 is 2.70 bits per heavy atom. The maximum absolute atomic E-state index is 12.2. The molecule has 0 aliphatic heterocycles. The predicted molar refractivity (Wildman–Crippen MR) is 78.7 cm³/mol. The Morgan fingerprint density at radius 2 is 2.00 bits per heavy atom. The van der Waals surface area contributed by atoms with Crippen LogP contribution in [0.5, 0.6) is 0 Å². The normalized spacial score (nSPS) is 13.5. The highest BCUT2D eigenvalue weighted by Gasteiger charge is 2.22. The van der Waals surface area contributed by atoms with Gasteiger partial charge in [0.1, 0.15) is 17.6 Å². The van der Waals surface area contributed by atoms with Crippen molar-refractivity contribution in [1.82, 2.24) is 0 Å². The predicted octanol–water partition coefficient (Wildman–Crippen LogP) is 3.08. The second-order valence-corrected chi connectivity index (χ2v) is 7.25. The standard InChI is InChI=1S/C15H18O4S/c1-3-11(2)9-20(17,18)10-14(16)13-8-19-15-7-5-4-6-12(13)15/h4-8,11H,3,9-10H2,1-2H3. The van der Waals surface area contributed by atoms with Crippen LogP contribution in [0.3, 0.4) is 0 Å². The maximum atomic E-state index is 12.2. The number of carbonyl (C=O) groups is 1. The fourth-order valence-electron chi connectivity index (χ4n) is 2.08. The summed E-state index contributed by atoms with van der Waals surface area (Å²) in [6.45, 7) is 3.81. The van der Waals surface area contributed by atoms with Gasteiger partial charge in [0, 0.05) is 5.39 Å². The van der Waals surface area contributed by atoms with E-state index in [1.54, 1.807) is 24.3 Å². The molecule has 0 aliphatic carbocycles. The van der Waals surface area contributed by atoms with Crippen LogP contribution in [-0.2, 0) is 9.84 Å². The molecule has 0 bridgehead atoms. The summed E-state index contributed by atoms with van der Waals surface area (Å²) in [5.74, 6) is -0.751. The number of fused-ring (bicyclic) bond motifs is 1. The highest BCUT2D eigenvalue weighted by Crippen LogP contribution is 2.21. The van der Waals surface area contributed by atoms with Crippen LogP contribution in [0.15, 0.2) is 34.9 Å². The lowest BCUT2D eigenvalue weighted by Gasteiger charge is -2.08. The Balaban J connectivity index is 2.20. The Bertz CT molecular complexity index is 712. The van der Waals surface area contributed by atoms with Gasteiger partial charge < -0.3 is 4.42 Å². The van der Waals surface area contributed by atoms with Crippen molar-refractivity contribution >= 4 is 26.6 Å². The van der Waals surface area contributed by atoms with E-state index in [9.17, 15) is 13.2 Å². The van der Waals surface area contributed by atoms with Crippen LogP contribution in [0, 0.1) is 5.92 Å². The molecule has 0 amide bonds. The van der Waals surface area contributed by atoms with Crippen molar-refractivity contribution in [3.8, 4) is 0 Å². The molecule has 108 valence electrons. The van der Waals surface area contributed by atoms with Gasteiger partial charge in [-0.05, 0) is 12.0 Å². The number of carbonyl (C=O) groups excluding carboxylic acids is 1. The fourth-order valence-corrected chi connectivity index (χ4v) is 3.86. The van der Waals surface area contributed by atoms with Crippen LogP contribution in [-0.4, -0.2) is 25.7 Å². The quantitative estimate of drug-likeness (QED) is 0.768. The summed E-state index contributed by atoms with van der Waals surface area (Å²) in [7, 11) is -3.38. The molecule has 0 saturated carbocycles. The Morgan fingerprint density at radius 1 is 1.30 bits per heavy atom. The molecule has 0 N–H and O–H groups in total. The molecular formula is C15H18O4S. The van der Waals surface area contributed by atoms with Crippen LogP contribution >= 0.6 is 0 Å². The van der Waals surface area contributed by atoms with Crippen molar-refractivity contribution in [2.45, 2.75) is 20.3 Å². The summed E-state index contributed by atoms with van der Waals surface area (Å²) < 4.78 is 29.3. The highest BCUT2D eigenvalue weighted by molar-refractivity contribution is 7.92. The Hall–Kier alpha value is -1.62. The second kappa shape index (κ2) is 5.79. The van der Waals surface area contributed by atoms with E-state index in [4.69, 9.17) is 4.42 Å². The largest absolute Gasteiger partial charge is 0.464 e. The van der Waals surface area contributed by atoms with E-state index < -0.39 is 21.4 Å². The van der Waals surface area contributed by atoms with Gasteiger partial charge >= 0.3 is 0 Å². The van der Waals surface area contributed by atoms with E-state index in [-0.39, 0.29) is 11.7 Å². The smallest absolute Gasteiger partial charge is 0.181 e. The molecule has 4 nitrogen and oxygen atoms in total. The van der Waals surface area contributed by atoms with Crippen LogP contribution < -0.4 is 0 Å². The van der Waals surface area contributed by atoms with Crippen molar-refractivity contribution in [3.05, 3.63) is 36.1 Å². The van der Waals surface area contributed by atoms with Gasteiger partial charge in [-0.25, -0.2) is 8.42 Å². The summed E-state index contributed by atoms with van der Waals surface area (Å²) in [5, 5.41) is 0.663. The monoisotopic (exact) mass is 294 g/mol. The van der Waals surface area contributed by atoms with E-state index in [0.29, 0.717) is 16.5 Å². The van der Waals surface area contributed by atoms with Crippen LogP contribution in [0.1, 0.15) is 30.6 Å². The summed E-state index contributed by atoms with van der Waals surface area (Å²) in [6, 6.07) is 7.11. The fraction of sp³-hybridized carbons (Fsp3) is 0.400. The SMILES string of the molecule is CCC(C)CS(=O)(=O)CC(=O)c1coc2ccccc12. The average molecular weight is 294 g/mol. The molecule has 2 aromatic rings. The van der Waals surface area contributed by atoms with Gasteiger partial charge in [0.05, 0.1) is 11.3 Å². The molecule has 1 unspecified atom stereocenters. The van der Waals surface area contributed by atoms with Crippen LogP contribution in [0.25, 0.3) is 11.0 Å². The summed E-state index contributed by atoms with van der Waals surface area (Å²) >= 11 is 0.